The maximum Gasteiger partial charge on any atom is 0.339 e. The number of ether oxygens (including phenoxy) is 1. The van der Waals surface area contributed by atoms with Gasteiger partial charge < -0.3 is 18.2 Å². The van der Waals surface area contributed by atoms with E-state index < -0.39 is 10.1 Å². The van der Waals surface area contributed by atoms with Crippen LogP contribution in [0.25, 0.3) is 0 Å². The zero-order valence-electron chi connectivity index (χ0n) is 17.6. The summed E-state index contributed by atoms with van der Waals surface area (Å²) in [5.74, 6) is 0.663. The monoisotopic (exact) mass is 443 g/mol. The molecule has 7 nitrogen and oxygen atoms in total. The first-order valence-electron chi connectivity index (χ1n) is 9.86. The first kappa shape index (κ1) is 22.4. The van der Waals surface area contributed by atoms with Gasteiger partial charge in [-0.25, -0.2) is 0 Å². The Bertz CT molecular complexity index is 1110. The molecule has 0 saturated heterocycles. The van der Waals surface area contributed by atoms with Gasteiger partial charge >= 0.3 is 10.1 Å². The Morgan fingerprint density at radius 3 is 2.39 bits per heavy atom. The summed E-state index contributed by atoms with van der Waals surface area (Å²) in [6.45, 7) is 4.07. The second-order valence-electron chi connectivity index (χ2n) is 6.99. The van der Waals surface area contributed by atoms with Crippen LogP contribution in [0.3, 0.4) is 0 Å². The van der Waals surface area contributed by atoms with Crippen molar-refractivity contribution >= 4 is 16.0 Å². The molecule has 164 valence electrons. The highest BCUT2D eigenvalue weighted by Gasteiger charge is 2.25. The number of furan rings is 1. The van der Waals surface area contributed by atoms with Crippen LogP contribution >= 0.6 is 0 Å². The van der Waals surface area contributed by atoms with Crippen molar-refractivity contribution in [2.24, 2.45) is 0 Å². The van der Waals surface area contributed by atoms with E-state index in [0.717, 1.165) is 6.42 Å². The minimum absolute atomic E-state index is 0.00791. The highest BCUT2D eigenvalue weighted by atomic mass is 32.2. The van der Waals surface area contributed by atoms with E-state index in [9.17, 15) is 13.2 Å². The summed E-state index contributed by atoms with van der Waals surface area (Å²) in [7, 11) is -2.56. The molecule has 0 fully saturated rings. The molecule has 31 heavy (non-hydrogen) atoms. The molecule has 2 aromatic carbocycles. The normalized spacial score (nSPS) is 12.2. The largest absolute Gasteiger partial charge is 0.497 e. The molecule has 3 aromatic rings. The second-order valence-corrected chi connectivity index (χ2v) is 8.53. The lowest BCUT2D eigenvalue weighted by Crippen LogP contribution is -2.37. The summed E-state index contributed by atoms with van der Waals surface area (Å²) < 4.78 is 41.4. The van der Waals surface area contributed by atoms with Gasteiger partial charge in [-0.3, -0.25) is 4.79 Å². The summed E-state index contributed by atoms with van der Waals surface area (Å²) >= 11 is 0. The Labute approximate surface area is 182 Å². The molecule has 0 radical (unpaired) electrons. The average Bonchev–Trinajstić information content (AvgIpc) is 3.32. The third-order valence-electron chi connectivity index (χ3n) is 4.98. The third-order valence-corrected chi connectivity index (χ3v) is 6.23. The maximum atomic E-state index is 13.0. The van der Waals surface area contributed by atoms with Crippen molar-refractivity contribution in [1.82, 2.24) is 4.90 Å². The van der Waals surface area contributed by atoms with E-state index in [4.69, 9.17) is 13.3 Å². The molecular weight excluding hydrogens is 418 g/mol. The molecule has 1 heterocycles. The van der Waals surface area contributed by atoms with Crippen molar-refractivity contribution in [1.29, 1.82) is 0 Å². The molecule has 0 aliphatic heterocycles. The number of rotatable bonds is 9. The molecule has 3 rings (SSSR count). The van der Waals surface area contributed by atoms with Crippen LogP contribution < -0.4 is 8.92 Å². The Kier molecular flexibility index (Phi) is 7.02. The fourth-order valence-corrected chi connectivity index (χ4v) is 3.96. The van der Waals surface area contributed by atoms with Gasteiger partial charge in [0.2, 0.25) is 0 Å². The molecule has 0 N–H and O–H groups in total. The van der Waals surface area contributed by atoms with Gasteiger partial charge in [0, 0.05) is 11.6 Å². The smallest absolute Gasteiger partial charge is 0.339 e. The van der Waals surface area contributed by atoms with Gasteiger partial charge in [-0.05, 0) is 55.8 Å². The number of hydrogen-bond donors (Lipinski definition) is 0. The Hall–Kier alpha value is -3.26. The van der Waals surface area contributed by atoms with E-state index in [2.05, 4.69) is 0 Å². The van der Waals surface area contributed by atoms with Crippen LogP contribution in [-0.2, 0) is 16.7 Å². The van der Waals surface area contributed by atoms with Gasteiger partial charge in [-0.15, -0.1) is 0 Å². The summed E-state index contributed by atoms with van der Waals surface area (Å²) in [6.07, 6.45) is 2.17. The summed E-state index contributed by atoms with van der Waals surface area (Å²) in [4.78, 5) is 14.6. The van der Waals surface area contributed by atoms with Crippen LogP contribution in [0.15, 0.2) is 76.2 Å². The maximum absolute atomic E-state index is 13.0. The van der Waals surface area contributed by atoms with Gasteiger partial charge in [0.1, 0.15) is 16.4 Å². The van der Waals surface area contributed by atoms with Gasteiger partial charge in [0.05, 0.1) is 19.9 Å². The number of para-hydroxylation sites is 1. The zero-order valence-corrected chi connectivity index (χ0v) is 18.5. The summed E-state index contributed by atoms with van der Waals surface area (Å²) in [5.41, 5.74) is 0.569. The Morgan fingerprint density at radius 1 is 1.06 bits per heavy atom. The Morgan fingerprint density at radius 2 is 1.77 bits per heavy atom. The number of benzene rings is 2. The molecule has 0 saturated carbocycles. The van der Waals surface area contributed by atoms with Crippen LogP contribution in [0.4, 0.5) is 0 Å². The fourth-order valence-electron chi connectivity index (χ4n) is 3.00. The van der Waals surface area contributed by atoms with E-state index in [0.29, 0.717) is 11.3 Å². The molecule has 1 atom stereocenters. The zero-order chi connectivity index (χ0) is 22.4. The lowest BCUT2D eigenvalue weighted by Gasteiger charge is -2.28. The minimum atomic E-state index is -4.06. The molecule has 0 aliphatic rings. The summed E-state index contributed by atoms with van der Waals surface area (Å²) in [6, 6.07) is 15.9. The lowest BCUT2D eigenvalue weighted by atomic mass is 10.1. The Balaban J connectivity index is 1.88. The van der Waals surface area contributed by atoms with E-state index in [1.807, 2.05) is 13.8 Å². The van der Waals surface area contributed by atoms with Crippen molar-refractivity contribution in [2.45, 2.75) is 37.8 Å². The topological polar surface area (TPSA) is 86.0 Å². The number of amides is 1. The van der Waals surface area contributed by atoms with E-state index in [1.54, 1.807) is 53.4 Å². The van der Waals surface area contributed by atoms with Crippen molar-refractivity contribution in [2.75, 3.05) is 7.11 Å². The number of nitrogens with zero attached hydrogens (tertiary/aromatic N) is 1. The summed E-state index contributed by atoms with van der Waals surface area (Å²) in [5, 5.41) is 0. The van der Waals surface area contributed by atoms with Crippen molar-refractivity contribution in [3.63, 3.8) is 0 Å². The SMILES string of the molecule is CC[C@H](C)N(Cc1ccccc1OS(=O)(=O)c1ccc(OC)cc1)C(=O)c1ccco1. The number of carbonyl (C=O) groups excluding carboxylic acids is 1. The van der Waals surface area contributed by atoms with Crippen molar-refractivity contribution in [3.05, 3.63) is 78.3 Å². The van der Waals surface area contributed by atoms with Crippen LogP contribution in [-0.4, -0.2) is 32.4 Å². The van der Waals surface area contributed by atoms with Gasteiger partial charge in [0.15, 0.2) is 5.76 Å². The van der Waals surface area contributed by atoms with Crippen molar-refractivity contribution in [3.8, 4) is 11.5 Å². The highest BCUT2D eigenvalue weighted by Crippen LogP contribution is 2.27. The van der Waals surface area contributed by atoms with E-state index in [-0.39, 0.29) is 34.9 Å². The lowest BCUT2D eigenvalue weighted by molar-refractivity contribution is 0.0638. The third kappa shape index (κ3) is 5.27. The number of hydrogen-bond acceptors (Lipinski definition) is 6. The van der Waals surface area contributed by atoms with Crippen LogP contribution in [0.5, 0.6) is 11.5 Å². The molecule has 0 spiro atoms. The van der Waals surface area contributed by atoms with Crippen LogP contribution in [0.2, 0.25) is 0 Å². The first-order valence-corrected chi connectivity index (χ1v) is 11.3. The van der Waals surface area contributed by atoms with Crippen LogP contribution in [0, 0.1) is 0 Å². The van der Waals surface area contributed by atoms with E-state index >= 15 is 0 Å². The number of methoxy groups -OCH3 is 1. The standard InChI is InChI=1S/C23H25NO6S/c1-4-17(2)24(23(25)22-10-7-15-29-22)16-18-8-5-6-9-21(18)30-31(26,27)20-13-11-19(28-3)12-14-20/h5-15,17H,4,16H2,1-3H3/t17-/m0/s1. The van der Waals surface area contributed by atoms with E-state index in [1.165, 1.54) is 25.5 Å². The predicted molar refractivity (Wildman–Crippen MR) is 116 cm³/mol. The minimum Gasteiger partial charge on any atom is -0.497 e. The molecule has 1 amide bonds. The highest BCUT2D eigenvalue weighted by molar-refractivity contribution is 7.87. The molecule has 0 aliphatic carbocycles. The molecule has 8 heteroatoms. The van der Waals surface area contributed by atoms with Gasteiger partial charge in [-0.1, -0.05) is 25.1 Å². The molecule has 0 unspecified atom stereocenters. The van der Waals surface area contributed by atoms with Gasteiger partial charge in [-0.2, -0.15) is 8.42 Å². The van der Waals surface area contributed by atoms with Crippen molar-refractivity contribution < 1.29 is 26.5 Å². The quantitative estimate of drug-likeness (QED) is 0.453. The van der Waals surface area contributed by atoms with Gasteiger partial charge in [0.25, 0.3) is 5.91 Å². The van der Waals surface area contributed by atoms with Crippen LogP contribution in [0.1, 0.15) is 36.4 Å². The predicted octanol–water partition coefficient (Wildman–Crippen LogP) is 4.50. The average molecular weight is 444 g/mol. The number of carbonyl (C=O) groups is 1. The fraction of sp³-hybridized carbons (Fsp3) is 0.261. The second kappa shape index (κ2) is 9.70. The molecule has 0 bridgehead atoms. The first-order chi connectivity index (χ1) is 14.9. The molecular formula is C23H25NO6S. The molecule has 1 aromatic heterocycles.